The van der Waals surface area contributed by atoms with E-state index in [0.29, 0.717) is 24.5 Å². The molecular formula is C12H17NO5S. The van der Waals surface area contributed by atoms with E-state index in [1.807, 2.05) is 12.1 Å². The summed E-state index contributed by atoms with van der Waals surface area (Å²) in [4.78, 5) is 4.53. The van der Waals surface area contributed by atoms with Crippen LogP contribution in [0, 0.1) is 0 Å². The van der Waals surface area contributed by atoms with Crippen molar-refractivity contribution in [2.75, 3.05) is 25.2 Å². The second kappa shape index (κ2) is 5.77. The number of hydrogen-bond donors (Lipinski definition) is 1. The number of benzene rings is 1. The zero-order valence-electron chi connectivity index (χ0n) is 10.7. The van der Waals surface area contributed by atoms with Gasteiger partial charge in [-0.2, -0.15) is 0 Å². The van der Waals surface area contributed by atoms with Crippen LogP contribution in [0.5, 0.6) is 11.5 Å². The van der Waals surface area contributed by atoms with Crippen LogP contribution in [-0.4, -0.2) is 39.7 Å². The van der Waals surface area contributed by atoms with Gasteiger partial charge < -0.3 is 14.3 Å². The number of ether oxygens (including phenoxy) is 2. The number of sulfone groups is 1. The molecule has 2 rings (SSSR count). The minimum Gasteiger partial charge on any atom is -0.493 e. The van der Waals surface area contributed by atoms with Crippen LogP contribution in [0.4, 0.5) is 0 Å². The molecule has 0 unspecified atom stereocenters. The quantitative estimate of drug-likeness (QED) is 0.757. The average Bonchev–Trinajstić information content (AvgIpc) is 2.34. The van der Waals surface area contributed by atoms with Crippen LogP contribution in [0.25, 0.3) is 0 Å². The Morgan fingerprint density at radius 1 is 1.32 bits per heavy atom. The summed E-state index contributed by atoms with van der Waals surface area (Å²) in [6.45, 7) is 0.406. The van der Waals surface area contributed by atoms with Crippen molar-refractivity contribution in [2.45, 2.75) is 12.5 Å². The molecule has 0 aromatic heterocycles. The summed E-state index contributed by atoms with van der Waals surface area (Å²) in [7, 11) is -1.35. The molecular weight excluding hydrogens is 270 g/mol. The first-order valence-corrected chi connectivity index (χ1v) is 7.72. The highest BCUT2D eigenvalue weighted by molar-refractivity contribution is 7.92. The van der Waals surface area contributed by atoms with Gasteiger partial charge in [-0.25, -0.2) is 14.3 Å². The van der Waals surface area contributed by atoms with E-state index in [4.69, 9.17) is 15.4 Å². The average molecular weight is 287 g/mol. The molecule has 0 bridgehead atoms. The summed E-state index contributed by atoms with van der Waals surface area (Å²) in [5.74, 6) is 6.25. The predicted octanol–water partition coefficient (Wildman–Crippen LogP) is 0.304. The number of hydrogen-bond acceptors (Lipinski definition) is 6. The van der Waals surface area contributed by atoms with Crippen LogP contribution in [0.2, 0.25) is 0 Å². The van der Waals surface area contributed by atoms with Gasteiger partial charge in [-0.15, -0.1) is 0 Å². The van der Waals surface area contributed by atoms with Gasteiger partial charge in [0.25, 0.3) is 0 Å². The van der Waals surface area contributed by atoms with Crippen molar-refractivity contribution in [1.82, 2.24) is 0 Å². The maximum atomic E-state index is 11.1. The molecule has 1 fully saturated rings. The van der Waals surface area contributed by atoms with Crippen LogP contribution >= 0.6 is 0 Å². The van der Waals surface area contributed by atoms with Gasteiger partial charge in [0.1, 0.15) is 6.10 Å². The largest absolute Gasteiger partial charge is 0.493 e. The Balaban J connectivity index is 2.08. The molecule has 0 saturated carbocycles. The highest BCUT2D eigenvalue weighted by Crippen LogP contribution is 2.31. The monoisotopic (exact) mass is 287 g/mol. The highest BCUT2D eigenvalue weighted by Gasteiger charge is 2.35. The summed E-state index contributed by atoms with van der Waals surface area (Å²) in [5.41, 5.74) is 0.989. The molecule has 7 heteroatoms. The van der Waals surface area contributed by atoms with Gasteiger partial charge in [0.05, 0.1) is 25.2 Å². The van der Waals surface area contributed by atoms with Gasteiger partial charge in [-0.3, -0.25) is 0 Å². The van der Waals surface area contributed by atoms with E-state index in [9.17, 15) is 8.42 Å². The zero-order valence-corrected chi connectivity index (χ0v) is 11.5. The minimum absolute atomic E-state index is 0.0618. The molecule has 2 N–H and O–H groups in total. The lowest BCUT2D eigenvalue weighted by Crippen LogP contribution is -2.45. The first-order chi connectivity index (χ1) is 9.04. The standard InChI is InChI=1S/C12H17NO5S/c1-16-11-3-2-9(4-5-17-13)6-12(11)18-10-7-19(14,15)8-10/h2-3,6,10H,4-5,7-8,13H2,1H3. The van der Waals surface area contributed by atoms with Crippen LogP contribution in [0.15, 0.2) is 18.2 Å². The number of nitrogens with two attached hydrogens (primary N) is 1. The lowest BCUT2D eigenvalue weighted by Gasteiger charge is -2.27. The molecule has 1 aromatic carbocycles. The van der Waals surface area contributed by atoms with E-state index in [2.05, 4.69) is 4.84 Å². The van der Waals surface area contributed by atoms with Gasteiger partial charge in [0.15, 0.2) is 21.3 Å². The van der Waals surface area contributed by atoms with Crippen molar-refractivity contribution in [2.24, 2.45) is 5.90 Å². The Morgan fingerprint density at radius 3 is 2.63 bits per heavy atom. The van der Waals surface area contributed by atoms with E-state index in [1.165, 1.54) is 0 Å². The smallest absolute Gasteiger partial charge is 0.161 e. The Hall–Kier alpha value is -1.31. The van der Waals surface area contributed by atoms with Gasteiger partial charge in [0, 0.05) is 0 Å². The molecule has 1 saturated heterocycles. The van der Waals surface area contributed by atoms with Gasteiger partial charge in [-0.1, -0.05) is 6.07 Å². The molecule has 0 amide bonds. The topological polar surface area (TPSA) is 87.8 Å². The molecule has 0 radical (unpaired) electrons. The molecule has 1 heterocycles. The Morgan fingerprint density at radius 2 is 2.05 bits per heavy atom. The third-order valence-corrected chi connectivity index (χ3v) is 4.67. The first kappa shape index (κ1) is 14.1. The molecule has 1 aliphatic rings. The molecule has 106 valence electrons. The lowest BCUT2D eigenvalue weighted by molar-refractivity contribution is 0.141. The predicted molar refractivity (Wildman–Crippen MR) is 69.9 cm³/mol. The van der Waals surface area contributed by atoms with Gasteiger partial charge in [0.2, 0.25) is 0 Å². The van der Waals surface area contributed by atoms with Crippen molar-refractivity contribution in [3.05, 3.63) is 23.8 Å². The maximum Gasteiger partial charge on any atom is 0.161 e. The van der Waals surface area contributed by atoms with Crippen molar-refractivity contribution in [1.29, 1.82) is 0 Å². The fraction of sp³-hybridized carbons (Fsp3) is 0.500. The van der Waals surface area contributed by atoms with Gasteiger partial charge >= 0.3 is 0 Å². The fourth-order valence-electron chi connectivity index (χ4n) is 1.91. The van der Waals surface area contributed by atoms with Gasteiger partial charge in [-0.05, 0) is 24.1 Å². The fourth-order valence-corrected chi connectivity index (χ4v) is 3.08. The van der Waals surface area contributed by atoms with E-state index in [0.717, 1.165) is 5.56 Å². The summed E-state index contributed by atoms with van der Waals surface area (Å²) in [6, 6.07) is 5.50. The summed E-state index contributed by atoms with van der Waals surface area (Å²) in [6.07, 6.45) is 0.361. The van der Waals surface area contributed by atoms with E-state index >= 15 is 0 Å². The van der Waals surface area contributed by atoms with Crippen LogP contribution in [0.3, 0.4) is 0 Å². The third kappa shape index (κ3) is 3.59. The second-order valence-corrected chi connectivity index (χ2v) is 6.58. The van der Waals surface area contributed by atoms with Crippen molar-refractivity contribution >= 4 is 9.84 Å². The van der Waals surface area contributed by atoms with Crippen molar-refractivity contribution in [3.8, 4) is 11.5 Å². The highest BCUT2D eigenvalue weighted by atomic mass is 32.2. The zero-order chi connectivity index (χ0) is 13.9. The van der Waals surface area contributed by atoms with Crippen molar-refractivity contribution < 1.29 is 22.7 Å². The lowest BCUT2D eigenvalue weighted by atomic mass is 10.1. The Kier molecular flexibility index (Phi) is 4.28. The SMILES string of the molecule is COc1ccc(CCON)cc1OC1CS(=O)(=O)C1. The molecule has 6 nitrogen and oxygen atoms in total. The first-order valence-electron chi connectivity index (χ1n) is 5.90. The van der Waals surface area contributed by atoms with E-state index in [-0.39, 0.29) is 17.6 Å². The molecule has 1 aromatic rings. The normalized spacial score (nSPS) is 17.8. The molecule has 1 aliphatic heterocycles. The minimum atomic E-state index is -2.90. The van der Waals surface area contributed by atoms with Crippen LogP contribution in [-0.2, 0) is 21.1 Å². The maximum absolute atomic E-state index is 11.1. The van der Waals surface area contributed by atoms with Crippen molar-refractivity contribution in [3.63, 3.8) is 0 Å². The number of methoxy groups -OCH3 is 1. The van der Waals surface area contributed by atoms with E-state index in [1.54, 1.807) is 13.2 Å². The Labute approximate surface area is 112 Å². The Bertz CT molecular complexity index is 531. The summed E-state index contributed by atoms with van der Waals surface area (Å²) < 4.78 is 33.1. The molecule has 19 heavy (non-hydrogen) atoms. The summed E-state index contributed by atoms with van der Waals surface area (Å²) >= 11 is 0. The second-order valence-electron chi connectivity index (χ2n) is 4.42. The van der Waals surface area contributed by atoms with Crippen LogP contribution in [0.1, 0.15) is 5.56 Å². The summed E-state index contributed by atoms with van der Waals surface area (Å²) in [5, 5.41) is 0. The number of rotatable bonds is 6. The molecule has 0 atom stereocenters. The third-order valence-electron chi connectivity index (χ3n) is 2.91. The molecule has 0 spiro atoms. The molecule has 0 aliphatic carbocycles. The van der Waals surface area contributed by atoms with Crippen LogP contribution < -0.4 is 15.4 Å². The van der Waals surface area contributed by atoms with E-state index < -0.39 is 9.84 Å².